The van der Waals surface area contributed by atoms with Gasteiger partial charge in [0.15, 0.2) is 5.69 Å². The number of aryl methyl sites for hydroxylation is 2. The Labute approximate surface area is 170 Å². The fourth-order valence-corrected chi connectivity index (χ4v) is 4.41. The van der Waals surface area contributed by atoms with E-state index in [9.17, 15) is 4.79 Å². The van der Waals surface area contributed by atoms with Crippen LogP contribution >= 0.6 is 0 Å². The predicted molar refractivity (Wildman–Crippen MR) is 107 cm³/mol. The summed E-state index contributed by atoms with van der Waals surface area (Å²) in [6.45, 7) is 6.84. The lowest BCUT2D eigenvalue weighted by molar-refractivity contribution is 0.0681. The Morgan fingerprint density at radius 1 is 1.10 bits per heavy atom. The standard InChI is InChI=1S/C21H26N6O2/c1-13-7-14(2)25-21(24-13)27-10-16-8-17(27)11-26(9-16)20(28)18-19(23-6-5-22-18)29-12-15-3-4-15/h5-7,15-17H,3-4,8-12H2,1-2H3. The molecule has 0 radical (unpaired) electrons. The van der Waals surface area contributed by atoms with Crippen LogP contribution in [-0.4, -0.2) is 63.0 Å². The van der Waals surface area contributed by atoms with Crippen LogP contribution in [-0.2, 0) is 0 Å². The third-order valence-electron chi connectivity index (χ3n) is 5.95. The molecule has 2 bridgehead atoms. The summed E-state index contributed by atoms with van der Waals surface area (Å²) in [6.07, 6.45) is 6.58. The molecule has 0 aromatic carbocycles. The molecular formula is C21H26N6O2. The minimum atomic E-state index is -0.0956. The van der Waals surface area contributed by atoms with E-state index >= 15 is 0 Å². The molecule has 2 atom stereocenters. The molecule has 2 saturated heterocycles. The lowest BCUT2D eigenvalue weighted by atomic mass is 10.00. The van der Waals surface area contributed by atoms with Crippen molar-refractivity contribution < 1.29 is 9.53 Å². The number of ether oxygens (including phenoxy) is 1. The first-order valence-electron chi connectivity index (χ1n) is 10.4. The van der Waals surface area contributed by atoms with Crippen molar-refractivity contribution in [3.8, 4) is 5.88 Å². The van der Waals surface area contributed by atoms with Gasteiger partial charge >= 0.3 is 0 Å². The maximum absolute atomic E-state index is 13.2. The average molecular weight is 394 g/mol. The molecule has 3 fully saturated rings. The minimum Gasteiger partial charge on any atom is -0.476 e. The van der Waals surface area contributed by atoms with Crippen LogP contribution < -0.4 is 9.64 Å². The van der Waals surface area contributed by atoms with E-state index in [4.69, 9.17) is 4.74 Å². The Hall–Kier alpha value is -2.77. The predicted octanol–water partition coefficient (Wildman–Crippen LogP) is 2.02. The fourth-order valence-electron chi connectivity index (χ4n) is 4.41. The normalized spacial score (nSPS) is 23.4. The van der Waals surface area contributed by atoms with E-state index < -0.39 is 0 Å². The molecule has 0 N–H and O–H groups in total. The first-order chi connectivity index (χ1) is 14.1. The average Bonchev–Trinajstić information content (AvgIpc) is 3.49. The van der Waals surface area contributed by atoms with Crippen molar-refractivity contribution in [2.45, 2.75) is 39.2 Å². The summed E-state index contributed by atoms with van der Waals surface area (Å²) in [4.78, 5) is 35.2. The molecule has 1 saturated carbocycles. The highest BCUT2D eigenvalue weighted by Crippen LogP contribution is 2.34. The summed E-state index contributed by atoms with van der Waals surface area (Å²) in [5.41, 5.74) is 2.27. The molecule has 5 rings (SSSR count). The van der Waals surface area contributed by atoms with Crippen LogP contribution in [0.1, 0.15) is 41.1 Å². The van der Waals surface area contributed by atoms with Crippen LogP contribution in [0.4, 0.5) is 5.95 Å². The molecule has 29 heavy (non-hydrogen) atoms. The molecule has 1 amide bonds. The van der Waals surface area contributed by atoms with Crippen LogP contribution in [0.3, 0.4) is 0 Å². The number of fused-ring (bicyclic) bond motifs is 2. The molecule has 0 spiro atoms. The fraction of sp³-hybridized carbons (Fsp3) is 0.571. The molecule has 1 aliphatic carbocycles. The van der Waals surface area contributed by atoms with Gasteiger partial charge in [0.2, 0.25) is 11.8 Å². The van der Waals surface area contributed by atoms with E-state index in [-0.39, 0.29) is 11.9 Å². The molecule has 2 aromatic heterocycles. The van der Waals surface area contributed by atoms with Crippen molar-refractivity contribution in [3.63, 3.8) is 0 Å². The number of hydrogen-bond donors (Lipinski definition) is 0. The van der Waals surface area contributed by atoms with Crippen LogP contribution in [0.2, 0.25) is 0 Å². The summed E-state index contributed by atoms with van der Waals surface area (Å²) in [6, 6.07) is 2.21. The van der Waals surface area contributed by atoms with Crippen LogP contribution in [0, 0.1) is 25.7 Å². The van der Waals surface area contributed by atoms with Crippen molar-refractivity contribution in [2.75, 3.05) is 31.1 Å². The number of piperidine rings is 1. The third-order valence-corrected chi connectivity index (χ3v) is 5.95. The smallest absolute Gasteiger partial charge is 0.278 e. The number of amides is 1. The van der Waals surface area contributed by atoms with Gasteiger partial charge in [0.25, 0.3) is 5.91 Å². The van der Waals surface area contributed by atoms with E-state index in [2.05, 4.69) is 24.8 Å². The number of aromatic nitrogens is 4. The van der Waals surface area contributed by atoms with E-state index in [1.165, 1.54) is 12.8 Å². The monoisotopic (exact) mass is 394 g/mol. The Kier molecular flexibility index (Phi) is 4.56. The molecule has 152 valence electrons. The van der Waals surface area contributed by atoms with Gasteiger partial charge in [-0.3, -0.25) is 4.79 Å². The molecule has 3 aliphatic rings. The SMILES string of the molecule is Cc1cc(C)nc(N2CC3CC2CN(C(=O)c2nccnc2OCC2CC2)C3)n1. The summed E-state index contributed by atoms with van der Waals surface area (Å²) in [5, 5.41) is 0. The van der Waals surface area contributed by atoms with Gasteiger partial charge in [-0.25, -0.2) is 19.9 Å². The van der Waals surface area contributed by atoms with Crippen molar-refractivity contribution in [2.24, 2.45) is 11.8 Å². The van der Waals surface area contributed by atoms with Crippen molar-refractivity contribution in [1.29, 1.82) is 0 Å². The zero-order valence-electron chi connectivity index (χ0n) is 16.9. The van der Waals surface area contributed by atoms with Crippen LogP contribution in [0.5, 0.6) is 5.88 Å². The summed E-state index contributed by atoms with van der Waals surface area (Å²) in [7, 11) is 0. The lowest BCUT2D eigenvalue weighted by Crippen LogP contribution is -2.46. The van der Waals surface area contributed by atoms with Crippen molar-refractivity contribution in [3.05, 3.63) is 35.5 Å². The van der Waals surface area contributed by atoms with Crippen LogP contribution in [0.15, 0.2) is 18.5 Å². The zero-order chi connectivity index (χ0) is 20.0. The highest BCUT2D eigenvalue weighted by Gasteiger charge is 2.42. The summed E-state index contributed by atoms with van der Waals surface area (Å²) < 4.78 is 5.81. The Balaban J connectivity index is 1.33. The number of likely N-dealkylation sites (tertiary alicyclic amines) is 1. The largest absolute Gasteiger partial charge is 0.476 e. The number of anilines is 1. The van der Waals surface area contributed by atoms with Gasteiger partial charge in [-0.15, -0.1) is 0 Å². The highest BCUT2D eigenvalue weighted by atomic mass is 16.5. The summed E-state index contributed by atoms with van der Waals surface area (Å²) >= 11 is 0. The molecule has 2 aromatic rings. The molecule has 8 heteroatoms. The van der Waals surface area contributed by atoms with Gasteiger partial charge in [-0.2, -0.15) is 0 Å². The van der Waals surface area contributed by atoms with Crippen LogP contribution in [0.25, 0.3) is 0 Å². The second-order valence-corrected chi connectivity index (χ2v) is 8.53. The Morgan fingerprint density at radius 2 is 1.86 bits per heavy atom. The summed E-state index contributed by atoms with van der Waals surface area (Å²) in [5.74, 6) is 2.04. The third kappa shape index (κ3) is 3.75. The van der Waals surface area contributed by atoms with Crippen molar-refractivity contribution >= 4 is 11.9 Å². The topological polar surface area (TPSA) is 84.3 Å². The van der Waals surface area contributed by atoms with E-state index in [0.29, 0.717) is 36.6 Å². The number of nitrogens with zero attached hydrogens (tertiary/aromatic N) is 6. The van der Waals surface area contributed by atoms with Gasteiger partial charge in [0.1, 0.15) is 0 Å². The minimum absolute atomic E-state index is 0.0956. The first-order valence-corrected chi connectivity index (χ1v) is 10.4. The van der Waals surface area contributed by atoms with Gasteiger partial charge < -0.3 is 14.5 Å². The van der Waals surface area contributed by atoms with E-state index in [1.807, 2.05) is 24.8 Å². The maximum atomic E-state index is 13.2. The second kappa shape index (κ2) is 7.24. The number of hydrogen-bond acceptors (Lipinski definition) is 7. The zero-order valence-corrected chi connectivity index (χ0v) is 16.9. The number of carbonyl (C=O) groups excluding carboxylic acids is 1. The second-order valence-electron chi connectivity index (χ2n) is 8.53. The number of rotatable bonds is 5. The highest BCUT2D eigenvalue weighted by molar-refractivity contribution is 5.94. The molecule has 2 aliphatic heterocycles. The molecular weight excluding hydrogens is 368 g/mol. The number of carbonyl (C=O) groups is 1. The van der Waals surface area contributed by atoms with Gasteiger partial charge in [0, 0.05) is 49.5 Å². The first kappa shape index (κ1) is 18.3. The maximum Gasteiger partial charge on any atom is 0.278 e. The van der Waals surface area contributed by atoms with Gasteiger partial charge in [-0.1, -0.05) is 0 Å². The van der Waals surface area contributed by atoms with Gasteiger partial charge in [0.05, 0.1) is 6.61 Å². The Morgan fingerprint density at radius 3 is 2.62 bits per heavy atom. The van der Waals surface area contributed by atoms with E-state index in [1.54, 1.807) is 12.4 Å². The molecule has 2 unspecified atom stereocenters. The quantitative estimate of drug-likeness (QED) is 0.767. The van der Waals surface area contributed by atoms with E-state index in [0.717, 1.165) is 36.8 Å². The Bertz CT molecular complexity index is 911. The molecule has 8 nitrogen and oxygen atoms in total. The lowest BCUT2D eigenvalue weighted by Gasteiger charge is -2.32. The van der Waals surface area contributed by atoms with Crippen molar-refractivity contribution in [1.82, 2.24) is 24.8 Å². The molecule has 4 heterocycles. The van der Waals surface area contributed by atoms with Gasteiger partial charge in [-0.05, 0) is 51.0 Å².